The van der Waals surface area contributed by atoms with Crippen LogP contribution < -0.4 is 5.32 Å². The second kappa shape index (κ2) is 8.22. The lowest BCUT2D eigenvalue weighted by Crippen LogP contribution is -2.16. The van der Waals surface area contributed by atoms with E-state index in [1.165, 1.54) is 50.6 Å². The third-order valence-corrected chi connectivity index (χ3v) is 5.03. The molecule has 0 spiro atoms. The van der Waals surface area contributed by atoms with Crippen molar-refractivity contribution in [1.29, 1.82) is 0 Å². The van der Waals surface area contributed by atoms with E-state index in [0.29, 0.717) is 5.56 Å². The molecule has 8 nitrogen and oxygen atoms in total. The van der Waals surface area contributed by atoms with Crippen LogP contribution in [0.15, 0.2) is 41.3 Å². The van der Waals surface area contributed by atoms with Crippen LogP contribution in [-0.4, -0.2) is 46.7 Å². The smallest absolute Gasteiger partial charge is 0.337 e. The summed E-state index contributed by atoms with van der Waals surface area (Å²) in [5, 5.41) is 2.57. The predicted molar refractivity (Wildman–Crippen MR) is 101 cm³/mol. The maximum Gasteiger partial charge on any atom is 0.337 e. The molecule has 9 heteroatoms. The summed E-state index contributed by atoms with van der Waals surface area (Å²) in [4.78, 5) is 36.4. The van der Waals surface area contributed by atoms with E-state index in [2.05, 4.69) is 14.8 Å². The fraction of sp³-hybridized carbons (Fsp3) is 0.211. The molecule has 28 heavy (non-hydrogen) atoms. The van der Waals surface area contributed by atoms with Crippen LogP contribution in [0.25, 0.3) is 0 Å². The SMILES string of the molecule is COC(=O)c1cc(NC(=O)c2cc(S(C)(=O)=O)ccc2C)cc(C(=O)OC)c1. The van der Waals surface area contributed by atoms with Crippen molar-refractivity contribution in [2.75, 3.05) is 25.8 Å². The molecule has 0 fully saturated rings. The molecular weight excluding hydrogens is 386 g/mol. The highest BCUT2D eigenvalue weighted by Gasteiger charge is 2.18. The zero-order valence-electron chi connectivity index (χ0n) is 15.7. The van der Waals surface area contributed by atoms with E-state index in [1.807, 2.05) is 0 Å². The monoisotopic (exact) mass is 405 g/mol. The van der Waals surface area contributed by atoms with Crippen molar-refractivity contribution in [1.82, 2.24) is 0 Å². The molecule has 0 radical (unpaired) electrons. The Kier molecular flexibility index (Phi) is 6.19. The summed E-state index contributed by atoms with van der Waals surface area (Å²) < 4.78 is 32.8. The van der Waals surface area contributed by atoms with Gasteiger partial charge in [0.05, 0.1) is 30.2 Å². The van der Waals surface area contributed by atoms with Gasteiger partial charge in [-0.2, -0.15) is 0 Å². The van der Waals surface area contributed by atoms with Crippen molar-refractivity contribution < 1.29 is 32.3 Å². The molecule has 2 aromatic rings. The average molecular weight is 405 g/mol. The van der Waals surface area contributed by atoms with E-state index < -0.39 is 27.7 Å². The minimum absolute atomic E-state index is 0.00168. The number of aryl methyl sites for hydroxylation is 1. The molecule has 0 bridgehead atoms. The number of nitrogens with one attached hydrogen (secondary N) is 1. The van der Waals surface area contributed by atoms with Gasteiger partial charge in [0.15, 0.2) is 9.84 Å². The molecule has 0 atom stereocenters. The van der Waals surface area contributed by atoms with Gasteiger partial charge in [-0.25, -0.2) is 18.0 Å². The van der Waals surface area contributed by atoms with Crippen LogP contribution in [0.1, 0.15) is 36.6 Å². The highest BCUT2D eigenvalue weighted by molar-refractivity contribution is 7.90. The first-order chi connectivity index (χ1) is 13.1. The first-order valence-corrected chi connectivity index (χ1v) is 9.89. The van der Waals surface area contributed by atoms with E-state index in [9.17, 15) is 22.8 Å². The van der Waals surface area contributed by atoms with Gasteiger partial charge in [-0.3, -0.25) is 4.79 Å². The van der Waals surface area contributed by atoms with Crippen LogP contribution in [0.3, 0.4) is 0 Å². The molecule has 0 saturated carbocycles. The Balaban J connectivity index is 2.46. The number of ether oxygens (including phenoxy) is 2. The van der Waals surface area contributed by atoms with Gasteiger partial charge < -0.3 is 14.8 Å². The number of sulfone groups is 1. The Morgan fingerprint density at radius 3 is 1.89 bits per heavy atom. The maximum atomic E-state index is 12.7. The molecule has 0 aliphatic heterocycles. The summed E-state index contributed by atoms with van der Waals surface area (Å²) in [6, 6.07) is 8.16. The van der Waals surface area contributed by atoms with E-state index in [0.717, 1.165) is 6.26 Å². The number of benzene rings is 2. The first kappa shape index (κ1) is 21.1. The highest BCUT2D eigenvalue weighted by atomic mass is 32.2. The summed E-state index contributed by atoms with van der Waals surface area (Å²) in [7, 11) is -1.12. The fourth-order valence-corrected chi connectivity index (χ4v) is 3.09. The van der Waals surface area contributed by atoms with Crippen molar-refractivity contribution in [3.63, 3.8) is 0 Å². The fourth-order valence-electron chi connectivity index (χ4n) is 2.45. The topological polar surface area (TPSA) is 116 Å². The number of hydrogen-bond acceptors (Lipinski definition) is 7. The van der Waals surface area contributed by atoms with E-state index in [4.69, 9.17) is 0 Å². The van der Waals surface area contributed by atoms with Crippen LogP contribution in [-0.2, 0) is 19.3 Å². The van der Waals surface area contributed by atoms with Gasteiger partial charge in [-0.05, 0) is 42.8 Å². The number of esters is 2. The minimum Gasteiger partial charge on any atom is -0.465 e. The predicted octanol–water partition coefficient (Wildman–Crippen LogP) is 2.22. The average Bonchev–Trinajstić information content (AvgIpc) is 2.65. The number of rotatable bonds is 5. The molecule has 0 aliphatic carbocycles. The van der Waals surface area contributed by atoms with Gasteiger partial charge in [-0.1, -0.05) is 6.07 Å². The van der Waals surface area contributed by atoms with Crippen LogP contribution in [0.2, 0.25) is 0 Å². The van der Waals surface area contributed by atoms with Crippen molar-refractivity contribution in [3.05, 3.63) is 58.7 Å². The Morgan fingerprint density at radius 1 is 0.893 bits per heavy atom. The summed E-state index contributed by atoms with van der Waals surface area (Å²) in [5.74, 6) is -1.99. The largest absolute Gasteiger partial charge is 0.465 e. The molecule has 0 aromatic heterocycles. The second-order valence-corrected chi connectivity index (χ2v) is 8.00. The number of anilines is 1. The number of carbonyl (C=O) groups is 3. The van der Waals surface area contributed by atoms with Crippen LogP contribution in [0.4, 0.5) is 5.69 Å². The Bertz CT molecular complexity index is 1020. The molecule has 1 amide bonds. The van der Waals surface area contributed by atoms with Crippen molar-refractivity contribution >= 4 is 33.4 Å². The van der Waals surface area contributed by atoms with Gasteiger partial charge >= 0.3 is 11.9 Å². The maximum absolute atomic E-state index is 12.7. The lowest BCUT2D eigenvalue weighted by atomic mass is 10.1. The zero-order valence-corrected chi connectivity index (χ0v) is 16.5. The Morgan fingerprint density at radius 2 is 1.43 bits per heavy atom. The van der Waals surface area contributed by atoms with Crippen LogP contribution in [0, 0.1) is 6.92 Å². The lowest BCUT2D eigenvalue weighted by molar-refractivity contribution is 0.0598. The van der Waals surface area contributed by atoms with Gasteiger partial charge in [0.2, 0.25) is 0 Å². The van der Waals surface area contributed by atoms with Crippen LogP contribution >= 0.6 is 0 Å². The Hall–Kier alpha value is -3.20. The van der Waals surface area contributed by atoms with E-state index in [-0.39, 0.29) is 27.3 Å². The molecule has 2 aromatic carbocycles. The number of amides is 1. The second-order valence-electron chi connectivity index (χ2n) is 5.99. The summed E-state index contributed by atoms with van der Waals surface area (Å²) in [6.45, 7) is 1.66. The molecule has 148 valence electrons. The number of carbonyl (C=O) groups excluding carboxylic acids is 3. The summed E-state index contributed by atoms with van der Waals surface area (Å²) in [6.07, 6.45) is 1.04. The minimum atomic E-state index is -3.49. The third-order valence-electron chi connectivity index (χ3n) is 3.91. The quantitative estimate of drug-likeness (QED) is 0.758. The number of methoxy groups -OCH3 is 2. The molecule has 0 aliphatic rings. The van der Waals surface area contributed by atoms with Gasteiger partial charge in [0, 0.05) is 17.5 Å². The molecule has 0 unspecified atom stereocenters. The van der Waals surface area contributed by atoms with Crippen LogP contribution in [0.5, 0.6) is 0 Å². The third kappa shape index (κ3) is 4.74. The highest BCUT2D eigenvalue weighted by Crippen LogP contribution is 2.20. The van der Waals surface area contributed by atoms with E-state index >= 15 is 0 Å². The van der Waals surface area contributed by atoms with Crippen molar-refractivity contribution in [2.45, 2.75) is 11.8 Å². The molecule has 1 N–H and O–H groups in total. The van der Waals surface area contributed by atoms with Gasteiger partial charge in [-0.15, -0.1) is 0 Å². The number of hydrogen-bond donors (Lipinski definition) is 1. The van der Waals surface area contributed by atoms with Crippen molar-refractivity contribution in [3.8, 4) is 0 Å². The van der Waals surface area contributed by atoms with Crippen molar-refractivity contribution in [2.24, 2.45) is 0 Å². The first-order valence-electron chi connectivity index (χ1n) is 8.00. The zero-order chi connectivity index (χ0) is 21.1. The van der Waals surface area contributed by atoms with E-state index in [1.54, 1.807) is 6.92 Å². The molecule has 2 rings (SSSR count). The van der Waals surface area contributed by atoms with Gasteiger partial charge in [0.25, 0.3) is 5.91 Å². The summed E-state index contributed by atoms with van der Waals surface area (Å²) >= 11 is 0. The molecular formula is C19H19NO7S. The summed E-state index contributed by atoms with van der Waals surface area (Å²) in [5.41, 5.74) is 0.940. The standard InChI is InChI=1S/C19H19NO7S/c1-11-5-6-15(28(4,24)25)10-16(11)17(21)20-14-8-12(18(22)26-2)7-13(9-14)19(23)27-3/h5-10H,1-4H3,(H,20,21). The van der Waals surface area contributed by atoms with Gasteiger partial charge in [0.1, 0.15) is 0 Å². The lowest BCUT2D eigenvalue weighted by Gasteiger charge is -2.11. The Labute approximate surface area is 162 Å². The molecule has 0 heterocycles. The molecule has 0 saturated heterocycles. The normalized spacial score (nSPS) is 10.9.